The normalized spacial score (nSPS) is 18.2. The van der Waals surface area contributed by atoms with Crippen LogP contribution in [-0.2, 0) is 4.74 Å². The smallest absolute Gasteiger partial charge is 0.135 e. The van der Waals surface area contributed by atoms with Crippen LogP contribution in [0.15, 0.2) is 6.07 Å². The predicted octanol–water partition coefficient (Wildman–Crippen LogP) is 3.26. The first-order chi connectivity index (χ1) is 10.2. The topological polar surface area (TPSA) is 59.1 Å². The molecular weight excluding hydrogens is 264 g/mol. The summed E-state index contributed by atoms with van der Waals surface area (Å²) in [5.41, 5.74) is 0. The van der Waals surface area contributed by atoms with Crippen molar-refractivity contribution < 1.29 is 4.74 Å². The molecule has 1 unspecified atom stereocenters. The van der Waals surface area contributed by atoms with Crippen molar-refractivity contribution in [1.29, 1.82) is 0 Å². The van der Waals surface area contributed by atoms with Gasteiger partial charge in [-0.3, -0.25) is 0 Å². The minimum atomic E-state index is 0.331. The molecule has 0 bridgehead atoms. The molecule has 5 heteroatoms. The maximum absolute atomic E-state index is 5.41. The highest BCUT2D eigenvalue weighted by Crippen LogP contribution is 2.19. The van der Waals surface area contributed by atoms with Gasteiger partial charge in [-0.15, -0.1) is 0 Å². The Morgan fingerprint density at radius 3 is 2.52 bits per heavy atom. The minimum absolute atomic E-state index is 0.331. The highest BCUT2D eigenvalue weighted by Gasteiger charge is 2.15. The molecule has 2 rings (SSSR count). The Hall–Kier alpha value is -1.36. The summed E-state index contributed by atoms with van der Waals surface area (Å²) in [7, 11) is 0. The van der Waals surface area contributed by atoms with Crippen molar-refractivity contribution in [3.05, 3.63) is 11.9 Å². The van der Waals surface area contributed by atoms with Crippen LogP contribution >= 0.6 is 0 Å². The van der Waals surface area contributed by atoms with E-state index in [2.05, 4.69) is 41.4 Å². The standard InChI is InChI=1S/C16H28N4O/c1-4-7-17-14-10-15(20-16(19-14)12(2)3)18-8-5-13-6-9-21-11-13/h10,12-13H,4-9,11H2,1-3H3,(H2,17,18,19,20). The van der Waals surface area contributed by atoms with Gasteiger partial charge in [0.2, 0.25) is 0 Å². The van der Waals surface area contributed by atoms with E-state index in [9.17, 15) is 0 Å². The number of nitrogens with one attached hydrogen (secondary N) is 2. The molecule has 0 amide bonds. The van der Waals surface area contributed by atoms with Gasteiger partial charge in [-0.05, 0) is 25.2 Å². The first kappa shape index (κ1) is 16.0. The fourth-order valence-electron chi connectivity index (χ4n) is 2.37. The summed E-state index contributed by atoms with van der Waals surface area (Å²) < 4.78 is 5.41. The van der Waals surface area contributed by atoms with Crippen LogP contribution < -0.4 is 10.6 Å². The molecular formula is C16H28N4O. The summed E-state index contributed by atoms with van der Waals surface area (Å²) >= 11 is 0. The van der Waals surface area contributed by atoms with Gasteiger partial charge in [0.15, 0.2) is 0 Å². The lowest BCUT2D eigenvalue weighted by Gasteiger charge is -2.13. The number of rotatable bonds is 8. The van der Waals surface area contributed by atoms with Gasteiger partial charge in [-0.25, -0.2) is 9.97 Å². The van der Waals surface area contributed by atoms with Crippen molar-refractivity contribution in [2.75, 3.05) is 36.9 Å². The van der Waals surface area contributed by atoms with E-state index in [1.807, 2.05) is 6.07 Å². The van der Waals surface area contributed by atoms with Crippen molar-refractivity contribution in [3.8, 4) is 0 Å². The highest BCUT2D eigenvalue weighted by atomic mass is 16.5. The Morgan fingerprint density at radius 2 is 1.95 bits per heavy atom. The van der Waals surface area contributed by atoms with Gasteiger partial charge in [0, 0.05) is 38.3 Å². The molecule has 1 aromatic rings. The fraction of sp³-hybridized carbons (Fsp3) is 0.750. The third-order valence-electron chi connectivity index (χ3n) is 3.70. The van der Waals surface area contributed by atoms with E-state index in [0.717, 1.165) is 56.6 Å². The molecule has 1 fully saturated rings. The molecule has 1 atom stereocenters. The predicted molar refractivity (Wildman–Crippen MR) is 86.9 cm³/mol. The number of aromatic nitrogens is 2. The Morgan fingerprint density at radius 1 is 1.24 bits per heavy atom. The molecule has 2 N–H and O–H groups in total. The third-order valence-corrected chi connectivity index (χ3v) is 3.70. The van der Waals surface area contributed by atoms with Crippen LogP contribution in [0.2, 0.25) is 0 Å². The zero-order chi connectivity index (χ0) is 15.1. The summed E-state index contributed by atoms with van der Waals surface area (Å²) in [5.74, 6) is 3.76. The van der Waals surface area contributed by atoms with Gasteiger partial charge >= 0.3 is 0 Å². The molecule has 0 aliphatic carbocycles. The second-order valence-corrected chi connectivity index (χ2v) is 6.02. The first-order valence-corrected chi connectivity index (χ1v) is 8.13. The zero-order valence-corrected chi connectivity index (χ0v) is 13.5. The van der Waals surface area contributed by atoms with Crippen molar-refractivity contribution >= 4 is 11.6 Å². The number of anilines is 2. The van der Waals surface area contributed by atoms with Crippen LogP contribution in [0.3, 0.4) is 0 Å². The van der Waals surface area contributed by atoms with Gasteiger partial charge in [-0.2, -0.15) is 0 Å². The minimum Gasteiger partial charge on any atom is -0.381 e. The number of ether oxygens (including phenoxy) is 1. The SMILES string of the molecule is CCCNc1cc(NCCC2CCOC2)nc(C(C)C)n1. The summed E-state index contributed by atoms with van der Waals surface area (Å²) in [6.07, 6.45) is 3.41. The second kappa shape index (κ2) is 8.17. The summed E-state index contributed by atoms with van der Waals surface area (Å²) in [4.78, 5) is 9.19. The molecule has 5 nitrogen and oxygen atoms in total. The fourth-order valence-corrected chi connectivity index (χ4v) is 2.37. The van der Waals surface area contributed by atoms with E-state index in [1.54, 1.807) is 0 Å². The second-order valence-electron chi connectivity index (χ2n) is 6.02. The molecule has 21 heavy (non-hydrogen) atoms. The van der Waals surface area contributed by atoms with Gasteiger partial charge in [-0.1, -0.05) is 20.8 Å². The van der Waals surface area contributed by atoms with Crippen LogP contribution in [0.4, 0.5) is 11.6 Å². The molecule has 1 aromatic heterocycles. The summed E-state index contributed by atoms with van der Waals surface area (Å²) in [6.45, 7) is 10.1. The quantitative estimate of drug-likeness (QED) is 0.770. The molecule has 0 aromatic carbocycles. The lowest BCUT2D eigenvalue weighted by molar-refractivity contribution is 0.185. The molecule has 1 aliphatic rings. The van der Waals surface area contributed by atoms with E-state index < -0.39 is 0 Å². The summed E-state index contributed by atoms with van der Waals surface area (Å²) in [6, 6.07) is 2.01. The maximum atomic E-state index is 5.41. The van der Waals surface area contributed by atoms with Crippen molar-refractivity contribution in [3.63, 3.8) is 0 Å². The van der Waals surface area contributed by atoms with Gasteiger partial charge in [0.25, 0.3) is 0 Å². The van der Waals surface area contributed by atoms with Crippen molar-refractivity contribution in [2.45, 2.75) is 46.0 Å². The zero-order valence-electron chi connectivity index (χ0n) is 13.5. The van der Waals surface area contributed by atoms with Crippen molar-refractivity contribution in [2.24, 2.45) is 5.92 Å². The van der Waals surface area contributed by atoms with E-state index >= 15 is 0 Å². The van der Waals surface area contributed by atoms with E-state index in [0.29, 0.717) is 11.8 Å². The molecule has 0 spiro atoms. The average molecular weight is 292 g/mol. The summed E-state index contributed by atoms with van der Waals surface area (Å²) in [5, 5.41) is 6.79. The van der Waals surface area contributed by atoms with Crippen LogP contribution in [0, 0.1) is 5.92 Å². The lowest BCUT2D eigenvalue weighted by atomic mass is 10.1. The Kier molecular flexibility index (Phi) is 6.23. The van der Waals surface area contributed by atoms with Crippen LogP contribution in [0.25, 0.3) is 0 Å². The van der Waals surface area contributed by atoms with Crippen LogP contribution in [0.5, 0.6) is 0 Å². The first-order valence-electron chi connectivity index (χ1n) is 8.13. The van der Waals surface area contributed by atoms with Gasteiger partial charge in [0.1, 0.15) is 17.5 Å². The van der Waals surface area contributed by atoms with Crippen LogP contribution in [0.1, 0.15) is 51.8 Å². The Bertz CT molecular complexity index is 430. The highest BCUT2D eigenvalue weighted by molar-refractivity contribution is 5.47. The van der Waals surface area contributed by atoms with E-state index in [1.165, 1.54) is 6.42 Å². The molecule has 0 radical (unpaired) electrons. The third kappa shape index (κ3) is 5.16. The maximum Gasteiger partial charge on any atom is 0.135 e. The van der Waals surface area contributed by atoms with E-state index in [4.69, 9.17) is 4.74 Å². The number of nitrogens with zero attached hydrogens (tertiary/aromatic N) is 2. The monoisotopic (exact) mass is 292 g/mol. The number of hydrogen-bond donors (Lipinski definition) is 2. The molecule has 1 saturated heterocycles. The number of hydrogen-bond acceptors (Lipinski definition) is 5. The molecule has 1 aliphatic heterocycles. The molecule has 118 valence electrons. The average Bonchev–Trinajstić information content (AvgIpc) is 2.98. The van der Waals surface area contributed by atoms with Gasteiger partial charge in [0.05, 0.1) is 0 Å². The van der Waals surface area contributed by atoms with Crippen LogP contribution in [-0.4, -0.2) is 36.3 Å². The van der Waals surface area contributed by atoms with Crippen molar-refractivity contribution in [1.82, 2.24) is 9.97 Å². The molecule has 0 saturated carbocycles. The van der Waals surface area contributed by atoms with E-state index in [-0.39, 0.29) is 0 Å². The Balaban J connectivity index is 1.93. The Labute approximate surface area is 127 Å². The largest absolute Gasteiger partial charge is 0.381 e. The van der Waals surface area contributed by atoms with Gasteiger partial charge < -0.3 is 15.4 Å². The molecule has 2 heterocycles. The lowest BCUT2D eigenvalue weighted by Crippen LogP contribution is -2.12.